The molecule has 1 fully saturated rings. The molecule has 1 aromatic carbocycles. The summed E-state index contributed by atoms with van der Waals surface area (Å²) in [5.41, 5.74) is 1.70. The first-order chi connectivity index (χ1) is 15.6. The van der Waals surface area contributed by atoms with E-state index in [1.54, 1.807) is 10.7 Å². The number of rotatable bonds is 7. The van der Waals surface area contributed by atoms with Crippen LogP contribution in [-0.4, -0.2) is 21.2 Å². The molecule has 1 amide bonds. The van der Waals surface area contributed by atoms with Crippen LogP contribution in [0.3, 0.4) is 0 Å². The predicted molar refractivity (Wildman–Crippen MR) is 126 cm³/mol. The largest absolute Gasteiger partial charge is 0.416 e. The number of nitrogens with one attached hydrogen (secondary N) is 2. The van der Waals surface area contributed by atoms with Crippen molar-refractivity contribution in [3.8, 4) is 5.75 Å². The van der Waals surface area contributed by atoms with Crippen LogP contribution in [0.1, 0.15) is 88.8 Å². The molecule has 1 saturated carbocycles. The Morgan fingerprint density at radius 3 is 2.32 bits per heavy atom. The Kier molecular flexibility index (Phi) is 7.36. The van der Waals surface area contributed by atoms with Crippen molar-refractivity contribution in [1.29, 1.82) is 0 Å². The highest BCUT2D eigenvalue weighted by atomic mass is 19.4. The summed E-state index contributed by atoms with van der Waals surface area (Å²) >= 11 is 0. The standard InChI is InChI=1S/C25H35F3N4O2/c1-23(2,3)20-15-21(32(30-20)13-12-16-8-7-9-16)29-22(33)18-14-17(25(26,27)28)10-11-19(18)34-31-24(4,5)6/h10-11,14-16,31H,7-9,12-13H2,1-6H3,(H,29,33). The fraction of sp³-hybridized carbons (Fsp3) is 0.600. The maximum atomic E-state index is 13.4. The lowest BCUT2D eigenvalue weighted by molar-refractivity contribution is -0.137. The minimum atomic E-state index is -4.59. The molecule has 0 saturated heterocycles. The second-order valence-corrected chi connectivity index (χ2v) is 11.1. The van der Waals surface area contributed by atoms with Crippen LogP contribution in [-0.2, 0) is 18.1 Å². The molecule has 188 valence electrons. The third kappa shape index (κ3) is 6.74. The maximum Gasteiger partial charge on any atom is 0.416 e. The number of benzene rings is 1. The highest BCUT2D eigenvalue weighted by Gasteiger charge is 2.33. The summed E-state index contributed by atoms with van der Waals surface area (Å²) in [5, 5.41) is 7.47. The summed E-state index contributed by atoms with van der Waals surface area (Å²) < 4.78 is 41.9. The van der Waals surface area contributed by atoms with E-state index in [9.17, 15) is 18.0 Å². The summed E-state index contributed by atoms with van der Waals surface area (Å²) in [6.45, 7) is 12.2. The van der Waals surface area contributed by atoms with Crippen LogP contribution in [0.5, 0.6) is 5.75 Å². The van der Waals surface area contributed by atoms with Gasteiger partial charge in [0, 0.05) is 23.6 Å². The van der Waals surface area contributed by atoms with Crippen LogP contribution >= 0.6 is 0 Å². The molecule has 1 heterocycles. The highest BCUT2D eigenvalue weighted by Crippen LogP contribution is 2.34. The van der Waals surface area contributed by atoms with E-state index in [1.165, 1.54) is 19.3 Å². The first-order valence-corrected chi connectivity index (χ1v) is 11.7. The Bertz CT molecular complexity index is 1010. The number of halogens is 3. The van der Waals surface area contributed by atoms with E-state index in [4.69, 9.17) is 4.84 Å². The van der Waals surface area contributed by atoms with E-state index in [-0.39, 0.29) is 16.7 Å². The Morgan fingerprint density at radius 1 is 1.12 bits per heavy atom. The second kappa shape index (κ2) is 9.60. The lowest BCUT2D eigenvalue weighted by Crippen LogP contribution is -2.38. The maximum absolute atomic E-state index is 13.4. The fourth-order valence-electron chi connectivity index (χ4n) is 3.51. The number of carbonyl (C=O) groups excluding carboxylic acids is 1. The molecule has 34 heavy (non-hydrogen) atoms. The molecule has 0 atom stereocenters. The van der Waals surface area contributed by atoms with Gasteiger partial charge in [0.1, 0.15) is 5.82 Å². The van der Waals surface area contributed by atoms with Gasteiger partial charge in [0.05, 0.1) is 16.8 Å². The molecule has 6 nitrogen and oxygen atoms in total. The number of hydrogen-bond donors (Lipinski definition) is 2. The lowest BCUT2D eigenvalue weighted by Gasteiger charge is -2.25. The van der Waals surface area contributed by atoms with E-state index < -0.39 is 23.2 Å². The highest BCUT2D eigenvalue weighted by molar-refractivity contribution is 6.06. The molecule has 3 rings (SSSR count). The molecule has 9 heteroatoms. The summed E-state index contributed by atoms with van der Waals surface area (Å²) in [6, 6.07) is 4.66. The van der Waals surface area contributed by atoms with Crippen LogP contribution in [0.2, 0.25) is 0 Å². The molecule has 0 spiro atoms. The average molecular weight is 481 g/mol. The minimum absolute atomic E-state index is 0.0111. The number of nitrogens with zero attached hydrogens (tertiary/aromatic N) is 2. The predicted octanol–water partition coefficient (Wildman–Crippen LogP) is 6.32. The van der Waals surface area contributed by atoms with Crippen molar-refractivity contribution in [3.63, 3.8) is 0 Å². The second-order valence-electron chi connectivity index (χ2n) is 11.1. The summed E-state index contributed by atoms with van der Waals surface area (Å²) in [7, 11) is 0. The molecule has 1 aromatic heterocycles. The van der Waals surface area contributed by atoms with Crippen LogP contribution in [0, 0.1) is 5.92 Å². The third-order valence-electron chi connectivity index (χ3n) is 5.78. The van der Waals surface area contributed by atoms with Gasteiger partial charge in [0.2, 0.25) is 0 Å². The van der Waals surface area contributed by atoms with Crippen molar-refractivity contribution in [2.75, 3.05) is 5.32 Å². The SMILES string of the molecule is CC(C)(C)NOc1ccc(C(F)(F)F)cc1C(=O)Nc1cc(C(C)(C)C)nn1CCC1CCC1. The van der Waals surface area contributed by atoms with Crippen molar-refractivity contribution in [1.82, 2.24) is 15.3 Å². The number of amides is 1. The van der Waals surface area contributed by atoms with Crippen molar-refractivity contribution in [2.45, 2.75) is 90.9 Å². The lowest BCUT2D eigenvalue weighted by atomic mass is 9.83. The van der Waals surface area contributed by atoms with Gasteiger partial charge >= 0.3 is 6.18 Å². The zero-order valence-corrected chi connectivity index (χ0v) is 20.8. The van der Waals surface area contributed by atoms with Gasteiger partial charge in [0.15, 0.2) is 5.75 Å². The van der Waals surface area contributed by atoms with E-state index in [0.717, 1.165) is 30.3 Å². The molecular formula is C25H35F3N4O2. The Hall–Kier alpha value is -2.55. The summed E-state index contributed by atoms with van der Waals surface area (Å²) in [6.07, 6.45) is -0.0142. The van der Waals surface area contributed by atoms with Crippen molar-refractivity contribution >= 4 is 11.7 Å². The number of aryl methyl sites for hydroxylation is 1. The van der Waals surface area contributed by atoms with Gasteiger partial charge < -0.3 is 10.2 Å². The van der Waals surface area contributed by atoms with Gasteiger partial charge in [-0.25, -0.2) is 4.68 Å². The average Bonchev–Trinajstić information content (AvgIpc) is 3.07. The zero-order chi connectivity index (χ0) is 25.3. The number of alkyl halides is 3. The van der Waals surface area contributed by atoms with Gasteiger partial charge in [0.25, 0.3) is 5.91 Å². The third-order valence-corrected chi connectivity index (χ3v) is 5.78. The summed E-state index contributed by atoms with van der Waals surface area (Å²) in [4.78, 5) is 18.7. The summed E-state index contributed by atoms with van der Waals surface area (Å²) in [5.74, 6) is 0.429. The van der Waals surface area contributed by atoms with Crippen molar-refractivity contribution in [3.05, 3.63) is 41.1 Å². The van der Waals surface area contributed by atoms with Gasteiger partial charge in [-0.2, -0.15) is 23.8 Å². The number of carbonyl (C=O) groups is 1. The Labute approximate surface area is 199 Å². The monoisotopic (exact) mass is 480 g/mol. The first kappa shape index (κ1) is 26.1. The molecule has 0 bridgehead atoms. The first-order valence-electron chi connectivity index (χ1n) is 11.7. The topological polar surface area (TPSA) is 68.2 Å². The van der Waals surface area contributed by atoms with Crippen molar-refractivity contribution < 1.29 is 22.8 Å². The van der Waals surface area contributed by atoms with Crippen LogP contribution in [0.4, 0.5) is 19.0 Å². The fourth-order valence-corrected chi connectivity index (χ4v) is 3.51. The number of hydroxylamine groups is 1. The van der Waals surface area contributed by atoms with Crippen LogP contribution in [0.15, 0.2) is 24.3 Å². The van der Waals surface area contributed by atoms with E-state index in [1.807, 2.05) is 41.5 Å². The normalized spacial score (nSPS) is 15.2. The van der Waals surface area contributed by atoms with Gasteiger partial charge in [-0.05, 0) is 51.3 Å². The minimum Gasteiger partial charge on any atom is -0.407 e. The smallest absolute Gasteiger partial charge is 0.407 e. The Morgan fingerprint density at radius 2 is 1.79 bits per heavy atom. The van der Waals surface area contributed by atoms with Crippen LogP contribution in [0.25, 0.3) is 0 Å². The molecule has 0 unspecified atom stereocenters. The molecule has 1 aliphatic carbocycles. The van der Waals surface area contributed by atoms with Gasteiger partial charge in [-0.15, -0.1) is 0 Å². The number of aromatic nitrogens is 2. The van der Waals surface area contributed by atoms with E-state index in [2.05, 4.69) is 15.9 Å². The molecule has 2 N–H and O–H groups in total. The zero-order valence-electron chi connectivity index (χ0n) is 20.8. The molecule has 2 aromatic rings. The quantitative estimate of drug-likeness (QED) is 0.455. The van der Waals surface area contributed by atoms with Gasteiger partial charge in [-0.3, -0.25) is 4.79 Å². The molecular weight excluding hydrogens is 445 g/mol. The molecule has 1 aliphatic rings. The van der Waals surface area contributed by atoms with Gasteiger partial charge in [-0.1, -0.05) is 40.0 Å². The molecule has 0 radical (unpaired) electrons. The number of anilines is 1. The van der Waals surface area contributed by atoms with E-state index in [0.29, 0.717) is 18.3 Å². The van der Waals surface area contributed by atoms with Crippen molar-refractivity contribution in [2.24, 2.45) is 5.92 Å². The molecule has 0 aliphatic heterocycles. The van der Waals surface area contributed by atoms with Crippen LogP contribution < -0.4 is 15.6 Å². The van der Waals surface area contributed by atoms with E-state index >= 15 is 0 Å². The number of hydrogen-bond acceptors (Lipinski definition) is 4. The Balaban J connectivity index is 1.91.